The third-order valence-corrected chi connectivity index (χ3v) is 7.06. The molecule has 0 unspecified atom stereocenters. The lowest BCUT2D eigenvalue weighted by Gasteiger charge is -2.30. The molecule has 0 aliphatic carbocycles. The first-order chi connectivity index (χ1) is 7.92. The summed E-state index contributed by atoms with van der Waals surface area (Å²) >= 11 is 0. The standard InChI is InChI=1S/C9H17NO5S2/c11-16(12)7-3-9(4-8-16)17(13,14)10-5-1-2-6-15-10/h9H,1-8H2. The second-order valence-electron chi connectivity index (χ2n) is 4.46. The van der Waals surface area contributed by atoms with Crippen LogP contribution in [0, 0.1) is 0 Å². The predicted octanol–water partition coefficient (Wildman–Crippen LogP) is -0.0792. The number of sulfonamides is 1. The van der Waals surface area contributed by atoms with Crippen molar-refractivity contribution in [2.45, 2.75) is 30.9 Å². The fourth-order valence-electron chi connectivity index (χ4n) is 2.11. The number of hydrogen-bond donors (Lipinski definition) is 0. The maximum Gasteiger partial charge on any atom is 0.238 e. The zero-order valence-corrected chi connectivity index (χ0v) is 11.2. The molecule has 0 aromatic carbocycles. The summed E-state index contributed by atoms with van der Waals surface area (Å²) in [4.78, 5) is 5.14. The first kappa shape index (κ1) is 13.3. The highest BCUT2D eigenvalue weighted by Gasteiger charge is 2.37. The second-order valence-corrected chi connectivity index (χ2v) is 8.87. The molecule has 2 aliphatic heterocycles. The smallest absolute Gasteiger partial charge is 0.238 e. The van der Waals surface area contributed by atoms with Crippen LogP contribution >= 0.6 is 0 Å². The lowest BCUT2D eigenvalue weighted by Crippen LogP contribution is -2.44. The number of sulfone groups is 1. The van der Waals surface area contributed by atoms with Gasteiger partial charge in [-0.3, -0.25) is 4.84 Å². The van der Waals surface area contributed by atoms with Gasteiger partial charge in [-0.15, -0.1) is 0 Å². The van der Waals surface area contributed by atoms with Crippen molar-refractivity contribution in [3.63, 3.8) is 0 Å². The fraction of sp³-hybridized carbons (Fsp3) is 1.00. The van der Waals surface area contributed by atoms with Gasteiger partial charge in [0.2, 0.25) is 10.0 Å². The zero-order chi connectivity index (χ0) is 12.5. The van der Waals surface area contributed by atoms with Crippen LogP contribution < -0.4 is 0 Å². The monoisotopic (exact) mass is 283 g/mol. The highest BCUT2D eigenvalue weighted by molar-refractivity contribution is 7.92. The van der Waals surface area contributed by atoms with Crippen LogP contribution in [0.5, 0.6) is 0 Å². The van der Waals surface area contributed by atoms with E-state index in [1.165, 1.54) is 0 Å². The van der Waals surface area contributed by atoms with Crippen molar-refractivity contribution in [2.24, 2.45) is 0 Å². The van der Waals surface area contributed by atoms with Crippen LogP contribution in [0.1, 0.15) is 25.7 Å². The van der Waals surface area contributed by atoms with Crippen molar-refractivity contribution in [1.82, 2.24) is 4.47 Å². The number of hydrogen-bond acceptors (Lipinski definition) is 5. The van der Waals surface area contributed by atoms with Crippen molar-refractivity contribution in [3.05, 3.63) is 0 Å². The highest BCUT2D eigenvalue weighted by Crippen LogP contribution is 2.24. The van der Waals surface area contributed by atoms with Gasteiger partial charge in [-0.1, -0.05) is 4.47 Å². The van der Waals surface area contributed by atoms with E-state index in [0.29, 0.717) is 13.2 Å². The lowest BCUT2D eigenvalue weighted by atomic mass is 10.2. The molecule has 2 rings (SSSR count). The summed E-state index contributed by atoms with van der Waals surface area (Å²) in [5.41, 5.74) is 0. The molecule has 100 valence electrons. The van der Waals surface area contributed by atoms with Gasteiger partial charge in [-0.05, 0) is 25.7 Å². The molecule has 0 aromatic rings. The molecule has 0 spiro atoms. The van der Waals surface area contributed by atoms with Crippen LogP contribution in [0.2, 0.25) is 0 Å². The third kappa shape index (κ3) is 2.98. The Morgan fingerprint density at radius 3 is 2.29 bits per heavy atom. The van der Waals surface area contributed by atoms with Gasteiger partial charge >= 0.3 is 0 Å². The Hall–Kier alpha value is -0.180. The molecule has 2 aliphatic rings. The molecule has 8 heteroatoms. The first-order valence-electron chi connectivity index (χ1n) is 5.77. The Balaban J connectivity index is 2.06. The van der Waals surface area contributed by atoms with E-state index in [9.17, 15) is 16.8 Å². The van der Waals surface area contributed by atoms with Crippen molar-refractivity contribution in [2.75, 3.05) is 24.7 Å². The third-order valence-electron chi connectivity index (χ3n) is 3.18. The molecule has 0 bridgehead atoms. The molecule has 0 aromatic heterocycles. The fourth-order valence-corrected chi connectivity index (χ4v) is 5.67. The SMILES string of the molecule is O=S1(=O)CCC(S(=O)(=O)N2CCCCO2)CC1. The normalized spacial score (nSPS) is 28.0. The molecule has 17 heavy (non-hydrogen) atoms. The van der Waals surface area contributed by atoms with Crippen LogP contribution in [-0.4, -0.2) is 51.2 Å². The number of nitrogens with zero attached hydrogens (tertiary/aromatic N) is 1. The van der Waals surface area contributed by atoms with E-state index >= 15 is 0 Å². The van der Waals surface area contributed by atoms with Crippen LogP contribution in [0.3, 0.4) is 0 Å². The summed E-state index contributed by atoms with van der Waals surface area (Å²) in [6.45, 7) is 0.801. The Bertz CT molecular complexity index is 450. The van der Waals surface area contributed by atoms with Gasteiger partial charge in [-0.25, -0.2) is 16.8 Å². The zero-order valence-electron chi connectivity index (χ0n) is 9.54. The van der Waals surface area contributed by atoms with Crippen LogP contribution in [-0.2, 0) is 24.7 Å². The van der Waals surface area contributed by atoms with E-state index in [2.05, 4.69) is 0 Å². The topological polar surface area (TPSA) is 80.8 Å². The Morgan fingerprint density at radius 2 is 1.76 bits per heavy atom. The minimum absolute atomic E-state index is 0.0370. The number of rotatable bonds is 2. The average Bonchev–Trinajstić information content (AvgIpc) is 2.29. The van der Waals surface area contributed by atoms with E-state index in [-0.39, 0.29) is 24.3 Å². The molecule has 0 saturated carbocycles. The molecular formula is C9H17NO5S2. The predicted molar refractivity (Wildman–Crippen MR) is 62.5 cm³/mol. The molecular weight excluding hydrogens is 266 g/mol. The van der Waals surface area contributed by atoms with E-state index in [0.717, 1.165) is 17.3 Å². The molecule has 0 radical (unpaired) electrons. The van der Waals surface area contributed by atoms with Crippen molar-refractivity contribution >= 4 is 19.9 Å². The summed E-state index contributed by atoms with van der Waals surface area (Å²) in [6.07, 6.45) is 2.03. The molecule has 2 heterocycles. The van der Waals surface area contributed by atoms with Gasteiger partial charge in [0.05, 0.1) is 23.4 Å². The minimum atomic E-state index is -3.49. The lowest BCUT2D eigenvalue weighted by molar-refractivity contribution is -0.109. The Labute approximate surface area is 102 Å². The van der Waals surface area contributed by atoms with E-state index < -0.39 is 25.1 Å². The molecule has 0 atom stereocenters. The Kier molecular flexibility index (Phi) is 3.77. The summed E-state index contributed by atoms with van der Waals surface area (Å²) in [5.74, 6) is -0.0739. The van der Waals surface area contributed by atoms with E-state index in [4.69, 9.17) is 4.84 Å². The summed E-state index contributed by atoms with van der Waals surface area (Å²) < 4.78 is 47.9. The average molecular weight is 283 g/mol. The molecule has 6 nitrogen and oxygen atoms in total. The highest BCUT2D eigenvalue weighted by atomic mass is 32.2. The summed E-state index contributed by atoms with van der Waals surface area (Å²) in [5, 5.41) is -0.607. The quantitative estimate of drug-likeness (QED) is 0.708. The summed E-state index contributed by atoms with van der Waals surface area (Å²) in [6, 6.07) is 0. The van der Waals surface area contributed by atoms with Gasteiger partial charge in [0.15, 0.2) is 0 Å². The van der Waals surface area contributed by atoms with E-state index in [1.54, 1.807) is 0 Å². The van der Waals surface area contributed by atoms with Crippen LogP contribution in [0.25, 0.3) is 0 Å². The molecule has 0 N–H and O–H groups in total. The van der Waals surface area contributed by atoms with Crippen LogP contribution in [0.15, 0.2) is 0 Å². The van der Waals surface area contributed by atoms with Gasteiger partial charge in [-0.2, -0.15) is 0 Å². The second kappa shape index (κ2) is 4.83. The van der Waals surface area contributed by atoms with Crippen molar-refractivity contribution in [1.29, 1.82) is 0 Å². The van der Waals surface area contributed by atoms with Gasteiger partial charge in [0, 0.05) is 6.54 Å². The van der Waals surface area contributed by atoms with E-state index in [1.807, 2.05) is 0 Å². The Morgan fingerprint density at radius 1 is 1.12 bits per heavy atom. The maximum absolute atomic E-state index is 12.2. The largest absolute Gasteiger partial charge is 0.284 e. The summed E-state index contributed by atoms with van der Waals surface area (Å²) in [7, 11) is -6.52. The van der Waals surface area contributed by atoms with Crippen LogP contribution in [0.4, 0.5) is 0 Å². The maximum atomic E-state index is 12.2. The van der Waals surface area contributed by atoms with Gasteiger partial charge < -0.3 is 0 Å². The van der Waals surface area contributed by atoms with Gasteiger partial charge in [0.25, 0.3) is 0 Å². The van der Waals surface area contributed by atoms with Gasteiger partial charge in [0.1, 0.15) is 9.84 Å². The number of hydroxylamine groups is 1. The minimum Gasteiger partial charge on any atom is -0.284 e. The molecule has 2 fully saturated rings. The first-order valence-corrected chi connectivity index (χ1v) is 9.09. The van der Waals surface area contributed by atoms with Crippen molar-refractivity contribution < 1.29 is 21.7 Å². The van der Waals surface area contributed by atoms with Crippen molar-refractivity contribution in [3.8, 4) is 0 Å². The molecule has 2 saturated heterocycles. The molecule has 0 amide bonds.